The van der Waals surface area contributed by atoms with E-state index >= 15 is 0 Å². The van der Waals surface area contributed by atoms with Gasteiger partial charge in [-0.25, -0.2) is 4.98 Å². The van der Waals surface area contributed by atoms with Crippen LogP contribution < -0.4 is 4.74 Å². The minimum absolute atomic E-state index is 0.476. The van der Waals surface area contributed by atoms with Crippen molar-refractivity contribution < 1.29 is 4.74 Å². The average molecular weight is 236 g/mol. The van der Waals surface area contributed by atoms with Gasteiger partial charge in [-0.1, -0.05) is 27.5 Å². The molecule has 60 valence electrons. The van der Waals surface area contributed by atoms with Crippen molar-refractivity contribution in [1.29, 1.82) is 0 Å². The van der Waals surface area contributed by atoms with Crippen LogP contribution in [0.5, 0.6) is 5.88 Å². The van der Waals surface area contributed by atoms with Crippen LogP contribution in [-0.2, 0) is 5.33 Å². The van der Waals surface area contributed by atoms with Crippen molar-refractivity contribution in [2.24, 2.45) is 0 Å². The summed E-state index contributed by atoms with van der Waals surface area (Å²) in [5.41, 5.74) is 0.909. The number of methoxy groups -OCH3 is 1. The van der Waals surface area contributed by atoms with Gasteiger partial charge in [0, 0.05) is 5.33 Å². The monoisotopic (exact) mass is 235 g/mol. The summed E-state index contributed by atoms with van der Waals surface area (Å²) in [6.07, 6.45) is 0. The van der Waals surface area contributed by atoms with Gasteiger partial charge in [0.15, 0.2) is 0 Å². The summed E-state index contributed by atoms with van der Waals surface area (Å²) in [4.78, 5) is 4.11. The van der Waals surface area contributed by atoms with Crippen molar-refractivity contribution in [3.63, 3.8) is 0 Å². The third-order valence-electron chi connectivity index (χ3n) is 1.20. The number of nitrogens with zero attached hydrogens (tertiary/aromatic N) is 1. The fourth-order valence-electron chi connectivity index (χ4n) is 0.679. The van der Waals surface area contributed by atoms with E-state index in [0.29, 0.717) is 16.2 Å². The number of alkyl halides is 1. The molecule has 0 aromatic carbocycles. The van der Waals surface area contributed by atoms with E-state index in [-0.39, 0.29) is 0 Å². The van der Waals surface area contributed by atoms with Crippen molar-refractivity contribution >= 4 is 27.5 Å². The van der Waals surface area contributed by atoms with Crippen molar-refractivity contribution in [2.45, 2.75) is 5.33 Å². The lowest BCUT2D eigenvalue weighted by atomic mass is 10.4. The largest absolute Gasteiger partial charge is 0.480 e. The van der Waals surface area contributed by atoms with Gasteiger partial charge >= 0.3 is 0 Å². The molecule has 0 amide bonds. The molecule has 0 spiro atoms. The molecule has 1 aromatic heterocycles. The number of aromatic nitrogens is 1. The lowest BCUT2D eigenvalue weighted by Crippen LogP contribution is -1.91. The Kier molecular flexibility index (Phi) is 3.15. The molecule has 0 saturated heterocycles. The Morgan fingerprint density at radius 1 is 1.64 bits per heavy atom. The Bertz CT molecular complexity index is 254. The highest BCUT2D eigenvalue weighted by molar-refractivity contribution is 9.08. The van der Waals surface area contributed by atoms with Crippen LogP contribution in [0.15, 0.2) is 12.1 Å². The van der Waals surface area contributed by atoms with E-state index in [0.717, 1.165) is 5.69 Å². The number of halogens is 2. The zero-order valence-electron chi connectivity index (χ0n) is 5.97. The summed E-state index contributed by atoms with van der Waals surface area (Å²) in [5.74, 6) is 0.476. The molecule has 0 aliphatic rings. The molecule has 0 bridgehead atoms. The lowest BCUT2D eigenvalue weighted by molar-refractivity contribution is 0.397. The van der Waals surface area contributed by atoms with Gasteiger partial charge in [-0.15, -0.1) is 0 Å². The van der Waals surface area contributed by atoms with Crippen molar-refractivity contribution in [3.05, 3.63) is 22.8 Å². The minimum atomic E-state index is 0.476. The van der Waals surface area contributed by atoms with Crippen LogP contribution in [0.3, 0.4) is 0 Å². The standard InChI is InChI=1S/C7H7BrClNO/c1-11-7-6(9)3-2-5(4-8)10-7/h2-3H,4H2,1H3. The van der Waals surface area contributed by atoms with E-state index in [1.807, 2.05) is 6.07 Å². The van der Waals surface area contributed by atoms with Crippen LogP contribution in [0.4, 0.5) is 0 Å². The second kappa shape index (κ2) is 3.93. The van der Waals surface area contributed by atoms with Crippen LogP contribution >= 0.6 is 27.5 Å². The van der Waals surface area contributed by atoms with Crippen molar-refractivity contribution in [1.82, 2.24) is 4.98 Å². The highest BCUT2D eigenvalue weighted by Gasteiger charge is 2.01. The summed E-state index contributed by atoms with van der Waals surface area (Å²) in [7, 11) is 1.55. The highest BCUT2D eigenvalue weighted by Crippen LogP contribution is 2.21. The predicted molar refractivity (Wildman–Crippen MR) is 48.4 cm³/mol. The molecular formula is C7H7BrClNO. The number of hydrogen-bond acceptors (Lipinski definition) is 2. The molecule has 1 heterocycles. The SMILES string of the molecule is COc1nc(CBr)ccc1Cl. The Hall–Kier alpha value is -0.280. The van der Waals surface area contributed by atoms with Gasteiger partial charge in [0.05, 0.1) is 12.8 Å². The Balaban J connectivity index is 3.02. The van der Waals surface area contributed by atoms with Gasteiger partial charge in [-0.05, 0) is 12.1 Å². The first kappa shape index (κ1) is 8.81. The van der Waals surface area contributed by atoms with E-state index in [4.69, 9.17) is 16.3 Å². The summed E-state index contributed by atoms with van der Waals surface area (Å²) in [6.45, 7) is 0. The van der Waals surface area contributed by atoms with E-state index < -0.39 is 0 Å². The molecule has 0 saturated carbocycles. The number of rotatable bonds is 2. The summed E-state index contributed by atoms with van der Waals surface area (Å²) in [5, 5.41) is 1.25. The Morgan fingerprint density at radius 3 is 2.91 bits per heavy atom. The predicted octanol–water partition coefficient (Wildman–Crippen LogP) is 2.64. The number of hydrogen-bond donors (Lipinski definition) is 0. The molecule has 0 unspecified atom stereocenters. The molecule has 0 fully saturated rings. The molecular weight excluding hydrogens is 229 g/mol. The van der Waals surface area contributed by atoms with Crippen LogP contribution in [-0.4, -0.2) is 12.1 Å². The van der Waals surface area contributed by atoms with Gasteiger partial charge < -0.3 is 4.74 Å². The smallest absolute Gasteiger partial charge is 0.232 e. The molecule has 0 aliphatic carbocycles. The zero-order valence-corrected chi connectivity index (χ0v) is 8.32. The second-order valence-corrected chi connectivity index (χ2v) is 2.90. The van der Waals surface area contributed by atoms with Gasteiger partial charge in [0.2, 0.25) is 5.88 Å². The van der Waals surface area contributed by atoms with Crippen molar-refractivity contribution in [2.75, 3.05) is 7.11 Å². The average Bonchev–Trinajstić information content (AvgIpc) is 2.05. The van der Waals surface area contributed by atoms with E-state index in [1.54, 1.807) is 13.2 Å². The molecule has 2 nitrogen and oxygen atoms in total. The van der Waals surface area contributed by atoms with Crippen LogP contribution in [0.1, 0.15) is 5.69 Å². The maximum absolute atomic E-state index is 5.75. The summed E-state index contributed by atoms with van der Waals surface area (Å²) < 4.78 is 4.92. The lowest BCUT2D eigenvalue weighted by Gasteiger charge is -2.01. The van der Waals surface area contributed by atoms with Gasteiger partial charge in [-0.2, -0.15) is 0 Å². The molecule has 0 aliphatic heterocycles. The fraction of sp³-hybridized carbons (Fsp3) is 0.286. The molecule has 4 heteroatoms. The Morgan fingerprint density at radius 2 is 2.36 bits per heavy atom. The van der Waals surface area contributed by atoms with Gasteiger partial charge in [0.1, 0.15) is 5.02 Å². The van der Waals surface area contributed by atoms with Gasteiger partial charge in [0.25, 0.3) is 0 Å². The molecule has 0 radical (unpaired) electrons. The second-order valence-electron chi connectivity index (χ2n) is 1.93. The molecule has 0 N–H and O–H groups in total. The molecule has 1 aromatic rings. The quantitative estimate of drug-likeness (QED) is 0.737. The Labute approximate surface area is 78.7 Å². The topological polar surface area (TPSA) is 22.1 Å². The first-order chi connectivity index (χ1) is 5.27. The molecule has 0 atom stereocenters. The number of ether oxygens (including phenoxy) is 1. The highest BCUT2D eigenvalue weighted by atomic mass is 79.9. The third kappa shape index (κ3) is 2.07. The number of pyridine rings is 1. The van der Waals surface area contributed by atoms with E-state index in [9.17, 15) is 0 Å². The van der Waals surface area contributed by atoms with E-state index in [1.165, 1.54) is 0 Å². The third-order valence-corrected chi connectivity index (χ3v) is 2.06. The molecule has 1 rings (SSSR count). The van der Waals surface area contributed by atoms with E-state index in [2.05, 4.69) is 20.9 Å². The maximum atomic E-state index is 5.75. The molecule has 11 heavy (non-hydrogen) atoms. The summed E-state index contributed by atoms with van der Waals surface area (Å²) >= 11 is 9.03. The normalized spacial score (nSPS) is 9.73. The van der Waals surface area contributed by atoms with Crippen LogP contribution in [0, 0.1) is 0 Å². The van der Waals surface area contributed by atoms with Crippen molar-refractivity contribution in [3.8, 4) is 5.88 Å². The fourth-order valence-corrected chi connectivity index (χ4v) is 1.17. The van der Waals surface area contributed by atoms with Gasteiger partial charge in [-0.3, -0.25) is 0 Å². The first-order valence-corrected chi connectivity index (χ1v) is 4.53. The first-order valence-electron chi connectivity index (χ1n) is 3.03. The zero-order chi connectivity index (χ0) is 8.27. The maximum Gasteiger partial charge on any atom is 0.232 e. The summed E-state index contributed by atoms with van der Waals surface area (Å²) in [6, 6.07) is 3.61. The minimum Gasteiger partial charge on any atom is -0.480 e. The van der Waals surface area contributed by atoms with Crippen LogP contribution in [0.25, 0.3) is 0 Å². The van der Waals surface area contributed by atoms with Crippen LogP contribution in [0.2, 0.25) is 5.02 Å².